The Hall–Kier alpha value is -2.63. The van der Waals surface area contributed by atoms with E-state index < -0.39 is 20.0 Å². The fourth-order valence-corrected chi connectivity index (χ4v) is 9.79. The Bertz CT molecular complexity index is 1620. The number of ether oxygens (including phenoxy) is 1. The molecule has 2 N–H and O–H groups in total. The highest BCUT2D eigenvalue weighted by Gasteiger charge is 2.58. The first kappa shape index (κ1) is 26.3. The minimum atomic E-state index is -3.89. The van der Waals surface area contributed by atoms with Crippen molar-refractivity contribution in [1.82, 2.24) is 4.72 Å². The van der Waals surface area contributed by atoms with E-state index in [0.29, 0.717) is 23.6 Å². The molecule has 0 unspecified atom stereocenters. The fourth-order valence-electron chi connectivity index (χ4n) is 7.61. The monoisotopic (exact) mass is 585 g/mol. The summed E-state index contributed by atoms with van der Waals surface area (Å²) >= 11 is 0. The van der Waals surface area contributed by atoms with E-state index in [0.717, 1.165) is 62.5 Å². The number of rotatable bonds is 7. The lowest BCUT2D eigenvalue weighted by Gasteiger charge is -2.61. The van der Waals surface area contributed by atoms with Crippen molar-refractivity contribution in [2.24, 2.45) is 11.3 Å². The van der Waals surface area contributed by atoms with E-state index in [-0.39, 0.29) is 33.1 Å². The van der Waals surface area contributed by atoms with Crippen LogP contribution in [0.3, 0.4) is 0 Å². The highest BCUT2D eigenvalue weighted by atomic mass is 32.2. The van der Waals surface area contributed by atoms with Crippen molar-refractivity contribution in [3.8, 4) is 5.75 Å². The smallest absolute Gasteiger partial charge is 0.258 e. The van der Waals surface area contributed by atoms with Gasteiger partial charge in [0.2, 0.25) is 20.0 Å². The second-order valence-corrected chi connectivity index (χ2v) is 16.4. The Kier molecular flexibility index (Phi) is 5.55. The lowest BCUT2D eigenvalue weighted by Crippen LogP contribution is -2.67. The van der Waals surface area contributed by atoms with Crippen LogP contribution in [0.25, 0.3) is 0 Å². The maximum absolute atomic E-state index is 14.1. The molecular weight excluding hydrogens is 550 g/mol. The number of hydrogen-bond donors (Lipinski definition) is 2. The molecule has 6 aliphatic rings. The van der Waals surface area contributed by atoms with Crippen LogP contribution in [0.1, 0.15) is 73.7 Å². The summed E-state index contributed by atoms with van der Waals surface area (Å²) in [6.07, 6.45) is 10.3. The number of hydrogen-bond acceptors (Lipinski definition) is 6. The number of carbonyl (C=O) groups excluding carboxylic acids is 1. The molecule has 5 fully saturated rings. The fraction of sp³-hybridized carbons (Fsp3) is 0.552. The molecule has 11 heteroatoms. The van der Waals surface area contributed by atoms with Crippen molar-refractivity contribution in [3.05, 3.63) is 47.5 Å². The number of carbonyl (C=O) groups is 1. The number of amides is 1. The van der Waals surface area contributed by atoms with Crippen molar-refractivity contribution in [2.75, 3.05) is 29.5 Å². The Morgan fingerprint density at radius 3 is 2.20 bits per heavy atom. The molecule has 8 rings (SSSR count). The zero-order valence-corrected chi connectivity index (χ0v) is 24.5. The van der Waals surface area contributed by atoms with Gasteiger partial charge in [-0.2, -0.15) is 0 Å². The maximum Gasteiger partial charge on any atom is 0.258 e. The molecule has 2 aromatic carbocycles. The summed E-state index contributed by atoms with van der Waals surface area (Å²) in [7, 11) is -5.92. The highest BCUT2D eigenvalue weighted by molar-refractivity contribution is 7.92. The van der Waals surface area contributed by atoms with E-state index >= 15 is 0 Å². The standard InChI is InChI=1S/C29H35N3O6S2/c1-38-24-6-3-20(13-25(24)40(36,37)31-29-15-19(16-29)17-29)26(33)32-18-28(11-9-27(7-8-27)10-12-28)22-14-21(4-5-23(22)32)30-39(2,34)35/h3-6,13-14,19,30-31H,7-12,15-18H2,1-2H3. The molecule has 0 atom stereocenters. The number of nitrogens with one attached hydrogen (secondary N) is 2. The molecule has 5 saturated carbocycles. The molecule has 1 amide bonds. The van der Waals surface area contributed by atoms with E-state index in [9.17, 15) is 21.6 Å². The number of methoxy groups -OCH3 is 1. The minimum Gasteiger partial charge on any atom is -0.495 e. The molecule has 1 aliphatic heterocycles. The molecule has 1 heterocycles. The lowest BCUT2D eigenvalue weighted by molar-refractivity contribution is -0.0317. The summed E-state index contributed by atoms with van der Waals surface area (Å²) in [6.45, 7) is 0.483. The van der Waals surface area contributed by atoms with E-state index in [2.05, 4.69) is 9.44 Å². The highest BCUT2D eigenvalue weighted by Crippen LogP contribution is 2.62. The van der Waals surface area contributed by atoms with Crippen molar-refractivity contribution < 1.29 is 26.4 Å². The number of benzene rings is 2. The molecule has 2 bridgehead atoms. The molecule has 2 spiro atoms. The van der Waals surface area contributed by atoms with E-state index in [1.807, 2.05) is 12.1 Å². The van der Waals surface area contributed by atoms with Gasteiger partial charge in [-0.3, -0.25) is 9.52 Å². The minimum absolute atomic E-state index is 0.0271. The van der Waals surface area contributed by atoms with Crippen molar-refractivity contribution >= 4 is 37.3 Å². The van der Waals surface area contributed by atoms with Gasteiger partial charge in [0.25, 0.3) is 5.91 Å². The average molecular weight is 586 g/mol. The maximum atomic E-state index is 14.1. The van der Waals surface area contributed by atoms with Crippen LogP contribution in [-0.2, 0) is 25.5 Å². The van der Waals surface area contributed by atoms with Crippen molar-refractivity contribution in [1.29, 1.82) is 0 Å². The lowest BCUT2D eigenvalue weighted by atomic mass is 9.50. The Morgan fingerprint density at radius 2 is 1.62 bits per heavy atom. The number of fused-ring (bicyclic) bond motifs is 2. The number of anilines is 2. The summed E-state index contributed by atoms with van der Waals surface area (Å²) in [6, 6.07) is 9.97. The second-order valence-electron chi connectivity index (χ2n) is 13.0. The van der Waals surface area contributed by atoms with E-state index in [1.165, 1.54) is 26.0 Å². The summed E-state index contributed by atoms with van der Waals surface area (Å²) in [5.41, 5.74) is 2.32. The molecule has 40 heavy (non-hydrogen) atoms. The number of nitrogens with zero attached hydrogens (tertiary/aromatic N) is 1. The molecule has 214 valence electrons. The third-order valence-corrected chi connectivity index (χ3v) is 12.4. The number of sulfonamides is 2. The summed E-state index contributed by atoms with van der Waals surface area (Å²) in [4.78, 5) is 15.8. The van der Waals surface area contributed by atoms with Gasteiger partial charge in [-0.05, 0) is 111 Å². The molecule has 9 nitrogen and oxygen atoms in total. The predicted octanol–water partition coefficient (Wildman–Crippen LogP) is 4.15. The first-order valence-electron chi connectivity index (χ1n) is 14.0. The molecule has 2 aromatic rings. The quantitative estimate of drug-likeness (QED) is 0.504. The van der Waals surface area contributed by atoms with Crippen LogP contribution >= 0.6 is 0 Å². The van der Waals surface area contributed by atoms with Crippen LogP contribution in [0, 0.1) is 11.3 Å². The van der Waals surface area contributed by atoms with Gasteiger partial charge in [0.05, 0.1) is 13.4 Å². The van der Waals surface area contributed by atoms with E-state index in [4.69, 9.17) is 4.74 Å². The largest absolute Gasteiger partial charge is 0.495 e. The van der Waals surface area contributed by atoms with Crippen LogP contribution in [0.5, 0.6) is 5.75 Å². The zero-order chi connectivity index (χ0) is 28.1. The first-order valence-corrected chi connectivity index (χ1v) is 17.4. The van der Waals surface area contributed by atoms with Crippen molar-refractivity contribution in [2.45, 2.75) is 73.6 Å². The molecule has 0 radical (unpaired) electrons. The van der Waals surface area contributed by atoms with Crippen LogP contribution in [0.4, 0.5) is 11.4 Å². The molecule has 5 aliphatic carbocycles. The SMILES string of the molecule is COc1ccc(C(=O)N2CC3(CCC4(CC4)CC3)c3cc(NS(C)(=O)=O)ccc32)cc1S(=O)(=O)NC12CC(C1)C2. The average Bonchev–Trinajstić information content (AvgIpc) is 3.56. The van der Waals surface area contributed by atoms with Crippen LogP contribution in [-0.4, -0.2) is 48.2 Å². The van der Waals surface area contributed by atoms with Gasteiger partial charge in [-0.1, -0.05) is 0 Å². The zero-order valence-electron chi connectivity index (χ0n) is 22.8. The Morgan fingerprint density at radius 1 is 0.950 bits per heavy atom. The van der Waals surface area contributed by atoms with Gasteiger partial charge in [-0.15, -0.1) is 0 Å². The predicted molar refractivity (Wildman–Crippen MR) is 152 cm³/mol. The van der Waals surface area contributed by atoms with Gasteiger partial charge >= 0.3 is 0 Å². The van der Waals surface area contributed by atoms with Gasteiger partial charge < -0.3 is 9.64 Å². The normalized spacial score (nSPS) is 27.1. The van der Waals surface area contributed by atoms with E-state index in [1.54, 1.807) is 23.1 Å². The summed E-state index contributed by atoms with van der Waals surface area (Å²) < 4.78 is 61.6. The third kappa shape index (κ3) is 4.23. The molecular formula is C29H35N3O6S2. The van der Waals surface area contributed by atoms with Gasteiger partial charge in [0.15, 0.2) is 0 Å². The topological polar surface area (TPSA) is 122 Å². The van der Waals surface area contributed by atoms with Gasteiger partial charge in [-0.25, -0.2) is 21.6 Å². The van der Waals surface area contributed by atoms with Crippen molar-refractivity contribution in [3.63, 3.8) is 0 Å². The molecule has 0 saturated heterocycles. The van der Waals surface area contributed by atoms with Crippen LogP contribution in [0.2, 0.25) is 0 Å². The summed E-state index contributed by atoms with van der Waals surface area (Å²) in [5, 5.41) is 0. The van der Waals surface area contributed by atoms with Crippen LogP contribution in [0.15, 0.2) is 41.3 Å². The summed E-state index contributed by atoms with van der Waals surface area (Å²) in [5.74, 6) is 0.536. The Labute approximate surface area is 235 Å². The van der Waals surface area contributed by atoms with Gasteiger partial charge in [0.1, 0.15) is 10.6 Å². The first-order chi connectivity index (χ1) is 18.8. The van der Waals surface area contributed by atoms with Crippen LogP contribution < -0.4 is 19.1 Å². The second kappa shape index (κ2) is 8.45. The van der Waals surface area contributed by atoms with Gasteiger partial charge in [0, 0.05) is 34.4 Å². The molecule has 0 aromatic heterocycles. The Balaban J connectivity index is 1.24. The third-order valence-electron chi connectivity index (χ3n) is 10.2.